The maximum Gasteiger partial charge on any atom is 0.258 e. The van der Waals surface area contributed by atoms with Crippen LogP contribution in [0.25, 0.3) is 0 Å². The number of nitriles is 1. The molecule has 2 aromatic rings. The first kappa shape index (κ1) is 14.1. The van der Waals surface area contributed by atoms with Crippen LogP contribution >= 0.6 is 11.8 Å². The number of pyridine rings is 1. The number of amides is 1. The van der Waals surface area contributed by atoms with Gasteiger partial charge in [0.05, 0.1) is 16.7 Å². The van der Waals surface area contributed by atoms with Crippen molar-refractivity contribution in [1.29, 1.82) is 5.26 Å². The minimum Gasteiger partial charge on any atom is -0.311 e. The molecule has 0 atom stereocenters. The number of carbonyl (C=O) groups excluding carboxylic acids is 1. The quantitative estimate of drug-likeness (QED) is 0.813. The van der Waals surface area contributed by atoms with Crippen molar-refractivity contribution in [3.05, 3.63) is 53.7 Å². The number of carbonyl (C=O) groups is 1. The molecule has 4 nitrogen and oxygen atoms in total. The summed E-state index contributed by atoms with van der Waals surface area (Å²) in [5, 5.41) is 9.70. The predicted molar refractivity (Wildman–Crippen MR) is 79.9 cm³/mol. The Hall–Kier alpha value is -2.32. The molecule has 0 aliphatic carbocycles. The molecular formula is C15H13N3OS. The fraction of sp³-hybridized carbons (Fsp3) is 0.133. The zero-order valence-corrected chi connectivity index (χ0v) is 12.0. The molecule has 0 bridgehead atoms. The molecule has 1 aromatic heterocycles. The van der Waals surface area contributed by atoms with E-state index in [9.17, 15) is 4.79 Å². The molecule has 1 heterocycles. The highest BCUT2D eigenvalue weighted by atomic mass is 32.2. The summed E-state index contributed by atoms with van der Waals surface area (Å²) in [6.07, 6.45) is 3.54. The smallest absolute Gasteiger partial charge is 0.258 e. The van der Waals surface area contributed by atoms with Gasteiger partial charge in [0.15, 0.2) is 0 Å². The van der Waals surface area contributed by atoms with Crippen LogP contribution in [-0.2, 0) is 0 Å². The minimum atomic E-state index is -0.127. The van der Waals surface area contributed by atoms with Gasteiger partial charge in [-0.1, -0.05) is 6.07 Å². The lowest BCUT2D eigenvalue weighted by Crippen LogP contribution is -2.26. The van der Waals surface area contributed by atoms with Crippen molar-refractivity contribution in [2.45, 2.75) is 5.03 Å². The second-order valence-corrected chi connectivity index (χ2v) is 4.94. The van der Waals surface area contributed by atoms with Crippen LogP contribution in [0.3, 0.4) is 0 Å². The standard InChI is InChI=1S/C15H13N3OS/c1-18(13-5-3-4-11(8-13)10-16)15(19)12-6-7-17-14(9-12)20-2/h3-9H,1-2H3. The average molecular weight is 283 g/mol. The van der Waals surface area contributed by atoms with E-state index in [1.54, 1.807) is 49.6 Å². The van der Waals surface area contributed by atoms with Crippen molar-refractivity contribution >= 4 is 23.4 Å². The second kappa shape index (κ2) is 6.22. The van der Waals surface area contributed by atoms with Crippen LogP contribution in [-0.4, -0.2) is 24.2 Å². The Labute approximate surface area is 122 Å². The fourth-order valence-corrected chi connectivity index (χ4v) is 2.16. The number of aromatic nitrogens is 1. The average Bonchev–Trinajstić information content (AvgIpc) is 2.53. The maximum absolute atomic E-state index is 12.4. The van der Waals surface area contributed by atoms with Crippen LogP contribution in [0, 0.1) is 11.3 Å². The topological polar surface area (TPSA) is 57.0 Å². The zero-order chi connectivity index (χ0) is 14.5. The van der Waals surface area contributed by atoms with Crippen molar-refractivity contribution in [3.63, 3.8) is 0 Å². The Bertz CT molecular complexity index is 679. The molecule has 5 heteroatoms. The van der Waals surface area contributed by atoms with E-state index in [0.717, 1.165) is 5.03 Å². The SMILES string of the molecule is CSc1cc(C(=O)N(C)c2cccc(C#N)c2)ccn1. The molecule has 0 unspecified atom stereocenters. The van der Waals surface area contributed by atoms with E-state index in [4.69, 9.17) is 5.26 Å². The van der Waals surface area contributed by atoms with Crippen molar-refractivity contribution < 1.29 is 4.79 Å². The molecule has 0 spiro atoms. The first-order valence-corrected chi connectivity index (χ1v) is 7.16. The lowest BCUT2D eigenvalue weighted by atomic mass is 10.2. The summed E-state index contributed by atoms with van der Waals surface area (Å²) in [6.45, 7) is 0. The summed E-state index contributed by atoms with van der Waals surface area (Å²) in [5.74, 6) is -0.127. The lowest BCUT2D eigenvalue weighted by Gasteiger charge is -2.17. The van der Waals surface area contributed by atoms with Crippen molar-refractivity contribution in [2.24, 2.45) is 0 Å². The van der Waals surface area contributed by atoms with Gasteiger partial charge in [0, 0.05) is 24.5 Å². The molecule has 0 fully saturated rings. The summed E-state index contributed by atoms with van der Waals surface area (Å²) >= 11 is 1.49. The van der Waals surface area contributed by atoms with Gasteiger partial charge >= 0.3 is 0 Å². The third kappa shape index (κ3) is 2.98. The van der Waals surface area contributed by atoms with E-state index >= 15 is 0 Å². The largest absolute Gasteiger partial charge is 0.311 e. The number of hydrogen-bond donors (Lipinski definition) is 0. The molecular weight excluding hydrogens is 270 g/mol. The van der Waals surface area contributed by atoms with Gasteiger partial charge in [0.25, 0.3) is 5.91 Å². The van der Waals surface area contributed by atoms with Crippen LogP contribution in [0.4, 0.5) is 5.69 Å². The van der Waals surface area contributed by atoms with Crippen molar-refractivity contribution in [2.75, 3.05) is 18.2 Å². The molecule has 100 valence electrons. The number of nitrogens with zero attached hydrogens (tertiary/aromatic N) is 3. The van der Waals surface area contributed by atoms with E-state index < -0.39 is 0 Å². The molecule has 1 amide bonds. The number of rotatable bonds is 3. The van der Waals surface area contributed by atoms with E-state index in [2.05, 4.69) is 11.1 Å². The summed E-state index contributed by atoms with van der Waals surface area (Å²) in [7, 11) is 1.69. The Kier molecular flexibility index (Phi) is 4.38. The van der Waals surface area contributed by atoms with Gasteiger partial charge in [-0.05, 0) is 36.6 Å². The summed E-state index contributed by atoms with van der Waals surface area (Å²) in [6, 6.07) is 12.5. The highest BCUT2D eigenvalue weighted by Crippen LogP contribution is 2.19. The molecule has 20 heavy (non-hydrogen) atoms. The second-order valence-electron chi connectivity index (χ2n) is 4.11. The molecule has 0 aliphatic rings. The third-order valence-corrected chi connectivity index (χ3v) is 3.50. The number of hydrogen-bond acceptors (Lipinski definition) is 4. The van der Waals surface area contributed by atoms with Crippen LogP contribution in [0.5, 0.6) is 0 Å². The van der Waals surface area contributed by atoms with Gasteiger partial charge in [-0.3, -0.25) is 4.79 Å². The zero-order valence-electron chi connectivity index (χ0n) is 11.2. The van der Waals surface area contributed by atoms with Gasteiger partial charge in [-0.15, -0.1) is 11.8 Å². The fourth-order valence-electron chi connectivity index (χ4n) is 1.75. The maximum atomic E-state index is 12.4. The molecule has 0 radical (unpaired) electrons. The normalized spacial score (nSPS) is 9.85. The first-order chi connectivity index (χ1) is 9.65. The molecule has 0 aliphatic heterocycles. The van der Waals surface area contributed by atoms with Gasteiger partial charge in [0.1, 0.15) is 0 Å². The van der Waals surface area contributed by atoms with Crippen molar-refractivity contribution in [1.82, 2.24) is 4.98 Å². The molecule has 0 N–H and O–H groups in total. The molecule has 0 saturated carbocycles. The first-order valence-electron chi connectivity index (χ1n) is 5.94. The monoisotopic (exact) mass is 283 g/mol. The minimum absolute atomic E-state index is 0.127. The van der Waals surface area contributed by atoms with Gasteiger partial charge in [0.2, 0.25) is 0 Å². The van der Waals surface area contributed by atoms with Gasteiger partial charge in [-0.25, -0.2) is 4.98 Å². The third-order valence-electron chi connectivity index (χ3n) is 2.86. The molecule has 2 rings (SSSR count). The van der Waals surface area contributed by atoms with E-state index in [0.29, 0.717) is 16.8 Å². The summed E-state index contributed by atoms with van der Waals surface area (Å²) < 4.78 is 0. The van der Waals surface area contributed by atoms with Crippen LogP contribution in [0.2, 0.25) is 0 Å². The molecule has 1 aromatic carbocycles. The van der Waals surface area contributed by atoms with E-state index in [1.165, 1.54) is 16.7 Å². The van der Waals surface area contributed by atoms with E-state index in [-0.39, 0.29) is 5.91 Å². The highest BCUT2D eigenvalue weighted by Gasteiger charge is 2.14. The van der Waals surface area contributed by atoms with Crippen LogP contribution in [0.1, 0.15) is 15.9 Å². The number of anilines is 1. The van der Waals surface area contributed by atoms with Gasteiger partial charge in [-0.2, -0.15) is 5.26 Å². The molecule has 0 saturated heterocycles. The Morgan fingerprint density at radius 3 is 2.85 bits per heavy atom. The summed E-state index contributed by atoms with van der Waals surface area (Å²) in [4.78, 5) is 18.1. The lowest BCUT2D eigenvalue weighted by molar-refractivity contribution is 0.0992. The predicted octanol–water partition coefficient (Wildman–Crippen LogP) is 2.95. The van der Waals surface area contributed by atoms with Crippen molar-refractivity contribution in [3.8, 4) is 6.07 Å². The number of benzene rings is 1. The van der Waals surface area contributed by atoms with E-state index in [1.807, 2.05) is 6.26 Å². The number of thioether (sulfide) groups is 1. The summed E-state index contributed by atoms with van der Waals surface area (Å²) in [5.41, 5.74) is 1.80. The highest BCUT2D eigenvalue weighted by molar-refractivity contribution is 7.98. The Balaban J connectivity index is 2.30. The Morgan fingerprint density at radius 1 is 1.35 bits per heavy atom. The van der Waals surface area contributed by atoms with Crippen LogP contribution in [0.15, 0.2) is 47.6 Å². The van der Waals surface area contributed by atoms with Crippen LogP contribution < -0.4 is 4.90 Å². The Morgan fingerprint density at radius 2 is 2.15 bits per heavy atom. The van der Waals surface area contributed by atoms with Gasteiger partial charge < -0.3 is 4.90 Å².